The van der Waals surface area contributed by atoms with Gasteiger partial charge in [-0.05, 0) is 54.5 Å². The lowest BCUT2D eigenvalue weighted by Gasteiger charge is -2.17. The number of rotatable bonds is 5. The lowest BCUT2D eigenvalue weighted by Crippen LogP contribution is -2.38. The second-order valence-electron chi connectivity index (χ2n) is 5.81. The Morgan fingerprint density at radius 1 is 1.28 bits per heavy atom. The summed E-state index contributed by atoms with van der Waals surface area (Å²) < 4.78 is 3.21. The maximum atomic E-state index is 12.3. The van der Waals surface area contributed by atoms with Crippen molar-refractivity contribution in [3.8, 4) is 5.69 Å². The molecule has 0 saturated carbocycles. The van der Waals surface area contributed by atoms with Gasteiger partial charge in [-0.25, -0.2) is 14.5 Å². The van der Waals surface area contributed by atoms with Crippen LogP contribution in [0.2, 0.25) is 0 Å². The fraction of sp³-hybridized carbons (Fsp3) is 0.333. The first-order chi connectivity index (χ1) is 12.0. The van der Waals surface area contributed by atoms with Gasteiger partial charge in [0.2, 0.25) is 0 Å². The molecule has 0 aliphatic heterocycles. The number of nitrogens with one attached hydrogen (secondary N) is 2. The van der Waals surface area contributed by atoms with E-state index in [0.29, 0.717) is 12.2 Å². The first-order valence-corrected chi connectivity index (χ1v) is 7.77. The smallest absolute Gasteiger partial charge is 0.319 e. The highest BCUT2D eigenvalue weighted by atomic mass is 16.2. The third-order valence-corrected chi connectivity index (χ3v) is 3.82. The Bertz CT molecular complexity index is 842. The van der Waals surface area contributed by atoms with Gasteiger partial charge in [0.25, 0.3) is 0 Å². The van der Waals surface area contributed by atoms with Crippen molar-refractivity contribution >= 4 is 11.7 Å². The van der Waals surface area contributed by atoms with E-state index in [0.717, 1.165) is 16.8 Å². The zero-order valence-corrected chi connectivity index (χ0v) is 14.2. The zero-order chi connectivity index (χ0) is 17.8. The summed E-state index contributed by atoms with van der Waals surface area (Å²) >= 11 is 0. The Morgan fingerprint density at radius 2 is 2.12 bits per heavy atom. The van der Waals surface area contributed by atoms with E-state index < -0.39 is 0 Å². The summed E-state index contributed by atoms with van der Waals surface area (Å²) in [6, 6.07) is 3.40. The summed E-state index contributed by atoms with van der Waals surface area (Å²) in [6.07, 6.45) is 4.58. The number of hydrogen-bond donors (Lipinski definition) is 2. The molecule has 1 unspecified atom stereocenters. The van der Waals surface area contributed by atoms with E-state index in [1.165, 1.54) is 12.7 Å². The molecule has 0 spiro atoms. The molecule has 0 radical (unpaired) electrons. The van der Waals surface area contributed by atoms with Crippen LogP contribution in [-0.2, 0) is 6.54 Å². The van der Waals surface area contributed by atoms with Gasteiger partial charge in [-0.15, -0.1) is 5.10 Å². The van der Waals surface area contributed by atoms with Crippen LogP contribution < -0.4 is 10.6 Å². The van der Waals surface area contributed by atoms with Crippen LogP contribution in [0.1, 0.15) is 18.1 Å². The first kappa shape index (κ1) is 16.6. The average molecular weight is 341 g/mol. The second-order valence-corrected chi connectivity index (χ2v) is 5.81. The molecule has 1 atom stereocenters. The molecule has 0 aliphatic carbocycles. The predicted octanol–water partition coefficient (Wildman–Crippen LogP) is 1.08. The molecular weight excluding hydrogens is 322 g/mol. The molecule has 25 heavy (non-hydrogen) atoms. The van der Waals surface area contributed by atoms with E-state index in [4.69, 9.17) is 0 Å². The second kappa shape index (κ2) is 7.07. The van der Waals surface area contributed by atoms with Crippen molar-refractivity contribution < 1.29 is 4.79 Å². The number of anilines is 1. The molecule has 2 heterocycles. The molecule has 1 aromatic carbocycles. The molecule has 0 bridgehead atoms. The van der Waals surface area contributed by atoms with Crippen LogP contribution in [0, 0.1) is 13.8 Å². The zero-order valence-electron chi connectivity index (χ0n) is 14.2. The van der Waals surface area contributed by atoms with Crippen LogP contribution in [0.15, 0.2) is 31.1 Å². The normalized spacial score (nSPS) is 12.0. The fourth-order valence-corrected chi connectivity index (χ4v) is 2.42. The number of tetrazole rings is 1. The maximum Gasteiger partial charge on any atom is 0.319 e. The Kier molecular flexibility index (Phi) is 4.68. The van der Waals surface area contributed by atoms with Crippen molar-refractivity contribution in [1.29, 1.82) is 0 Å². The topological polar surface area (TPSA) is 115 Å². The van der Waals surface area contributed by atoms with Gasteiger partial charge >= 0.3 is 6.03 Å². The number of urea groups is 1. The monoisotopic (exact) mass is 341 g/mol. The maximum absolute atomic E-state index is 12.3. The summed E-state index contributed by atoms with van der Waals surface area (Å²) in [5.41, 5.74) is 3.49. The number of carbonyl (C=O) groups excluding carboxylic acids is 1. The number of hydrogen-bond acceptors (Lipinski definition) is 6. The summed E-state index contributed by atoms with van der Waals surface area (Å²) in [6.45, 7) is 6.36. The van der Waals surface area contributed by atoms with Crippen molar-refractivity contribution in [3.63, 3.8) is 0 Å². The van der Waals surface area contributed by atoms with Gasteiger partial charge in [0.1, 0.15) is 19.0 Å². The van der Waals surface area contributed by atoms with Gasteiger partial charge < -0.3 is 10.6 Å². The largest absolute Gasteiger partial charge is 0.334 e. The van der Waals surface area contributed by atoms with Crippen LogP contribution in [0.25, 0.3) is 5.69 Å². The highest BCUT2D eigenvalue weighted by Crippen LogP contribution is 2.23. The van der Waals surface area contributed by atoms with Crippen molar-refractivity contribution in [2.75, 3.05) is 5.32 Å². The minimum atomic E-state index is -0.288. The molecule has 3 rings (SSSR count). The minimum absolute atomic E-state index is 0.106. The SMILES string of the molecule is Cc1cc(-n2cnnn2)cc(NC(=O)NC(C)Cn2cncn2)c1C. The lowest BCUT2D eigenvalue weighted by molar-refractivity contribution is 0.247. The Morgan fingerprint density at radius 3 is 2.80 bits per heavy atom. The van der Waals surface area contributed by atoms with Crippen molar-refractivity contribution in [2.24, 2.45) is 0 Å². The molecule has 10 heteroatoms. The van der Waals surface area contributed by atoms with Gasteiger partial charge in [0, 0.05) is 11.7 Å². The van der Waals surface area contributed by atoms with Crippen molar-refractivity contribution in [1.82, 2.24) is 40.3 Å². The molecule has 0 aliphatic rings. The van der Waals surface area contributed by atoms with E-state index in [1.807, 2.05) is 32.9 Å². The highest BCUT2D eigenvalue weighted by Gasteiger charge is 2.12. The number of aromatic nitrogens is 7. The highest BCUT2D eigenvalue weighted by molar-refractivity contribution is 5.90. The molecule has 10 nitrogen and oxygen atoms in total. The molecule has 2 N–H and O–H groups in total. The molecule has 2 aromatic heterocycles. The third-order valence-electron chi connectivity index (χ3n) is 3.82. The third kappa shape index (κ3) is 3.97. The number of carbonyl (C=O) groups is 1. The van der Waals surface area contributed by atoms with Gasteiger partial charge in [0.05, 0.1) is 12.2 Å². The molecule has 2 amide bonds. The van der Waals surface area contributed by atoms with Gasteiger partial charge in [0.15, 0.2) is 0 Å². The Hall–Kier alpha value is -3.30. The Labute approximate surface area is 144 Å². The quantitative estimate of drug-likeness (QED) is 0.717. The van der Waals surface area contributed by atoms with Crippen LogP contribution in [-0.4, -0.2) is 47.0 Å². The minimum Gasteiger partial charge on any atom is -0.334 e. The molecule has 130 valence electrons. The van der Waals surface area contributed by atoms with E-state index in [1.54, 1.807) is 15.7 Å². The van der Waals surface area contributed by atoms with Crippen LogP contribution >= 0.6 is 0 Å². The lowest BCUT2D eigenvalue weighted by atomic mass is 10.1. The van der Waals surface area contributed by atoms with Crippen LogP contribution in [0.3, 0.4) is 0 Å². The number of nitrogens with zero attached hydrogens (tertiary/aromatic N) is 7. The van der Waals surface area contributed by atoms with Crippen LogP contribution in [0.5, 0.6) is 0 Å². The summed E-state index contributed by atoms with van der Waals surface area (Å²) in [7, 11) is 0. The van der Waals surface area contributed by atoms with E-state index in [9.17, 15) is 4.79 Å². The van der Waals surface area contributed by atoms with E-state index in [2.05, 4.69) is 36.2 Å². The van der Waals surface area contributed by atoms with Crippen molar-refractivity contribution in [2.45, 2.75) is 33.4 Å². The van der Waals surface area contributed by atoms with Crippen LogP contribution in [0.4, 0.5) is 10.5 Å². The standard InChI is InChI=1S/C15H19N9O/c1-10-4-13(24-9-17-21-22-24)5-14(12(10)3)20-15(25)19-11(2)6-23-8-16-7-18-23/h4-5,7-9,11H,6H2,1-3H3,(H2,19,20,25). The van der Waals surface area contributed by atoms with Gasteiger partial charge in [-0.2, -0.15) is 5.10 Å². The molecular formula is C15H19N9O. The van der Waals surface area contributed by atoms with Gasteiger partial charge in [-0.1, -0.05) is 0 Å². The number of amides is 2. The first-order valence-electron chi connectivity index (χ1n) is 7.77. The van der Waals surface area contributed by atoms with E-state index >= 15 is 0 Å². The summed E-state index contributed by atoms with van der Waals surface area (Å²) in [4.78, 5) is 16.2. The van der Waals surface area contributed by atoms with Gasteiger partial charge in [-0.3, -0.25) is 4.68 Å². The molecule has 0 fully saturated rings. The average Bonchev–Trinajstić information content (AvgIpc) is 3.24. The molecule has 0 saturated heterocycles. The predicted molar refractivity (Wildman–Crippen MR) is 90.3 cm³/mol. The summed E-state index contributed by atoms with van der Waals surface area (Å²) in [5, 5.41) is 20.9. The number of benzene rings is 1. The number of aryl methyl sites for hydroxylation is 1. The van der Waals surface area contributed by atoms with E-state index in [-0.39, 0.29) is 12.1 Å². The summed E-state index contributed by atoms with van der Waals surface area (Å²) in [5.74, 6) is 0. The fourth-order valence-electron chi connectivity index (χ4n) is 2.42. The Balaban J connectivity index is 1.70. The van der Waals surface area contributed by atoms with Crippen molar-refractivity contribution in [3.05, 3.63) is 42.2 Å². The molecule has 3 aromatic rings.